The number of fused-ring (bicyclic) bond motifs is 1. The summed E-state index contributed by atoms with van der Waals surface area (Å²) in [6, 6.07) is 10.9. The molecule has 2 aromatic heterocycles. The van der Waals surface area contributed by atoms with Gasteiger partial charge in [-0.15, -0.1) is 0 Å². The van der Waals surface area contributed by atoms with Crippen LogP contribution in [0.5, 0.6) is 11.6 Å². The average molecular weight is 434 g/mol. The van der Waals surface area contributed by atoms with E-state index in [2.05, 4.69) is 10.3 Å². The van der Waals surface area contributed by atoms with Gasteiger partial charge in [-0.2, -0.15) is 0 Å². The first kappa shape index (κ1) is 22.7. The number of carbonyl (C=O) groups is 1. The van der Waals surface area contributed by atoms with Crippen molar-refractivity contribution in [1.82, 2.24) is 15.3 Å². The quantitative estimate of drug-likeness (QED) is 0.442. The molecule has 0 radical (unpaired) electrons. The molecule has 3 aromatic rings. The van der Waals surface area contributed by atoms with Crippen molar-refractivity contribution in [1.29, 1.82) is 5.41 Å². The zero-order valence-electron chi connectivity index (χ0n) is 18.4. The van der Waals surface area contributed by atoms with Gasteiger partial charge in [0.2, 0.25) is 5.88 Å². The minimum Gasteiger partial charge on any atom is -0.493 e. The van der Waals surface area contributed by atoms with Gasteiger partial charge in [0, 0.05) is 47.1 Å². The molecule has 166 valence electrons. The molecule has 0 saturated carbocycles. The van der Waals surface area contributed by atoms with E-state index >= 15 is 0 Å². The summed E-state index contributed by atoms with van der Waals surface area (Å²) in [4.78, 5) is 21.6. The number of pyridine rings is 2. The molecule has 0 bridgehead atoms. The molecule has 1 aromatic carbocycles. The molecular weight excluding hydrogens is 406 g/mol. The van der Waals surface area contributed by atoms with E-state index in [-0.39, 0.29) is 5.91 Å². The molecule has 0 aliphatic carbocycles. The summed E-state index contributed by atoms with van der Waals surface area (Å²) in [7, 11) is 1.56. The van der Waals surface area contributed by atoms with Crippen molar-refractivity contribution in [3.8, 4) is 22.9 Å². The SMILES string of the molecule is CCOc1cc(-c2ccnc(OC)c2)nc2cc(C(=O)NCC/C(=C/N)C(C)=N)ccc12. The summed E-state index contributed by atoms with van der Waals surface area (Å²) in [5, 5.41) is 11.4. The van der Waals surface area contributed by atoms with E-state index in [0.29, 0.717) is 59.3 Å². The lowest BCUT2D eigenvalue weighted by Crippen LogP contribution is -2.25. The summed E-state index contributed by atoms with van der Waals surface area (Å²) in [6.45, 7) is 4.47. The standard InChI is InChI=1S/C24H27N5O3/c1-4-32-22-13-20(16-7-9-27-23(12-16)31-3)29-21-11-17(5-6-19(21)22)24(30)28-10-8-18(14-25)15(2)26/h5-7,9,11-14,26H,4,8,10,25H2,1-3H3,(H,28,30)/b18-14-,26-15?. The molecular formula is C24H27N5O3. The second-order valence-electron chi connectivity index (χ2n) is 7.08. The van der Waals surface area contributed by atoms with Crippen molar-refractivity contribution in [3.05, 3.63) is 59.9 Å². The van der Waals surface area contributed by atoms with Crippen LogP contribution in [0, 0.1) is 5.41 Å². The predicted octanol–water partition coefficient (Wildman–Crippen LogP) is 3.71. The fourth-order valence-corrected chi connectivity index (χ4v) is 3.25. The number of nitrogens with one attached hydrogen (secondary N) is 2. The van der Waals surface area contributed by atoms with Gasteiger partial charge in [0.25, 0.3) is 5.91 Å². The van der Waals surface area contributed by atoms with Gasteiger partial charge in [0.15, 0.2) is 0 Å². The van der Waals surface area contributed by atoms with E-state index in [0.717, 1.165) is 10.9 Å². The molecule has 3 rings (SSSR count). The number of benzene rings is 1. The van der Waals surface area contributed by atoms with Crippen LogP contribution in [0.2, 0.25) is 0 Å². The average Bonchev–Trinajstić information content (AvgIpc) is 2.81. The van der Waals surface area contributed by atoms with Crippen LogP contribution in [0.3, 0.4) is 0 Å². The number of hydrogen-bond donors (Lipinski definition) is 3. The van der Waals surface area contributed by atoms with Crippen molar-refractivity contribution in [3.63, 3.8) is 0 Å². The van der Waals surface area contributed by atoms with Crippen LogP contribution in [0.15, 0.2) is 54.4 Å². The molecule has 0 atom stereocenters. The Balaban J connectivity index is 1.92. The van der Waals surface area contributed by atoms with Crippen LogP contribution in [0.1, 0.15) is 30.6 Å². The van der Waals surface area contributed by atoms with E-state index in [4.69, 9.17) is 25.6 Å². The Hall–Kier alpha value is -3.94. The lowest BCUT2D eigenvalue weighted by atomic mass is 10.1. The molecule has 0 saturated heterocycles. The molecule has 0 aliphatic rings. The normalized spacial score (nSPS) is 11.3. The highest BCUT2D eigenvalue weighted by atomic mass is 16.5. The minimum atomic E-state index is -0.221. The van der Waals surface area contributed by atoms with E-state index in [1.807, 2.05) is 25.1 Å². The first-order valence-corrected chi connectivity index (χ1v) is 10.3. The highest BCUT2D eigenvalue weighted by Crippen LogP contribution is 2.31. The summed E-state index contributed by atoms with van der Waals surface area (Å²) in [5.74, 6) is 0.956. The second-order valence-corrected chi connectivity index (χ2v) is 7.08. The zero-order chi connectivity index (χ0) is 23.1. The fraction of sp³-hybridized carbons (Fsp3) is 0.250. The lowest BCUT2D eigenvalue weighted by molar-refractivity contribution is 0.0954. The Morgan fingerprint density at radius 1 is 1.25 bits per heavy atom. The molecule has 4 N–H and O–H groups in total. The maximum absolute atomic E-state index is 12.7. The number of methoxy groups -OCH3 is 1. The predicted molar refractivity (Wildman–Crippen MR) is 125 cm³/mol. The Bertz CT molecular complexity index is 1170. The Labute approximate surface area is 187 Å². The van der Waals surface area contributed by atoms with Crippen LogP contribution in [-0.4, -0.2) is 41.8 Å². The summed E-state index contributed by atoms with van der Waals surface area (Å²) in [5.41, 5.74) is 9.28. The smallest absolute Gasteiger partial charge is 0.251 e. The Morgan fingerprint density at radius 3 is 2.75 bits per heavy atom. The largest absolute Gasteiger partial charge is 0.493 e. The lowest BCUT2D eigenvalue weighted by Gasteiger charge is -2.12. The number of hydrogen-bond acceptors (Lipinski definition) is 7. The highest BCUT2D eigenvalue weighted by Gasteiger charge is 2.13. The first-order chi connectivity index (χ1) is 15.5. The molecule has 0 aliphatic heterocycles. The van der Waals surface area contributed by atoms with Gasteiger partial charge >= 0.3 is 0 Å². The zero-order valence-corrected chi connectivity index (χ0v) is 18.4. The first-order valence-electron chi connectivity index (χ1n) is 10.3. The van der Waals surface area contributed by atoms with Crippen LogP contribution in [0.4, 0.5) is 0 Å². The topological polar surface area (TPSA) is 123 Å². The van der Waals surface area contributed by atoms with Crippen LogP contribution in [0.25, 0.3) is 22.2 Å². The monoisotopic (exact) mass is 433 g/mol. The second kappa shape index (κ2) is 10.4. The molecule has 0 unspecified atom stereocenters. The third kappa shape index (κ3) is 5.21. The van der Waals surface area contributed by atoms with E-state index < -0.39 is 0 Å². The fourth-order valence-electron chi connectivity index (χ4n) is 3.25. The third-order valence-corrected chi connectivity index (χ3v) is 4.94. The number of nitrogens with two attached hydrogens (primary N) is 1. The van der Waals surface area contributed by atoms with Gasteiger partial charge in [-0.25, -0.2) is 9.97 Å². The van der Waals surface area contributed by atoms with Crippen molar-refractivity contribution in [2.24, 2.45) is 5.73 Å². The van der Waals surface area contributed by atoms with Gasteiger partial charge in [0.1, 0.15) is 5.75 Å². The van der Waals surface area contributed by atoms with Gasteiger partial charge in [-0.1, -0.05) is 0 Å². The summed E-state index contributed by atoms with van der Waals surface area (Å²) < 4.78 is 11.1. The molecule has 8 nitrogen and oxygen atoms in total. The van der Waals surface area contributed by atoms with Gasteiger partial charge in [-0.05, 0) is 56.3 Å². The van der Waals surface area contributed by atoms with Crippen LogP contribution in [-0.2, 0) is 0 Å². The maximum atomic E-state index is 12.7. The number of ether oxygens (including phenoxy) is 2. The van der Waals surface area contributed by atoms with Crippen molar-refractivity contribution >= 4 is 22.5 Å². The summed E-state index contributed by atoms with van der Waals surface area (Å²) >= 11 is 0. The van der Waals surface area contributed by atoms with Gasteiger partial charge in [-0.3, -0.25) is 4.79 Å². The molecule has 8 heteroatoms. The van der Waals surface area contributed by atoms with Crippen molar-refractivity contribution in [2.75, 3.05) is 20.3 Å². The van der Waals surface area contributed by atoms with Crippen LogP contribution < -0.4 is 20.5 Å². The number of amides is 1. The number of carbonyl (C=O) groups excluding carboxylic acids is 1. The van der Waals surface area contributed by atoms with Gasteiger partial charge < -0.3 is 25.9 Å². The van der Waals surface area contributed by atoms with E-state index in [9.17, 15) is 4.79 Å². The minimum absolute atomic E-state index is 0.221. The van der Waals surface area contributed by atoms with Crippen LogP contribution >= 0.6 is 0 Å². The molecule has 0 spiro atoms. The number of nitrogens with zero attached hydrogens (tertiary/aromatic N) is 2. The Kier molecular flexibility index (Phi) is 7.38. The summed E-state index contributed by atoms with van der Waals surface area (Å²) in [6.07, 6.45) is 3.55. The molecule has 2 heterocycles. The number of aromatic nitrogens is 2. The van der Waals surface area contributed by atoms with Crippen molar-refractivity contribution < 1.29 is 14.3 Å². The number of rotatable bonds is 9. The van der Waals surface area contributed by atoms with E-state index in [1.54, 1.807) is 38.4 Å². The molecule has 32 heavy (non-hydrogen) atoms. The van der Waals surface area contributed by atoms with Gasteiger partial charge in [0.05, 0.1) is 24.9 Å². The highest BCUT2D eigenvalue weighted by molar-refractivity contribution is 5.99. The molecule has 1 amide bonds. The van der Waals surface area contributed by atoms with E-state index in [1.165, 1.54) is 6.20 Å². The van der Waals surface area contributed by atoms with Crippen molar-refractivity contribution in [2.45, 2.75) is 20.3 Å². The molecule has 0 fully saturated rings. The third-order valence-electron chi connectivity index (χ3n) is 4.94. The Morgan fingerprint density at radius 2 is 2.06 bits per heavy atom. The maximum Gasteiger partial charge on any atom is 0.251 e.